The van der Waals surface area contributed by atoms with E-state index in [1.165, 1.54) is 10.9 Å². The van der Waals surface area contributed by atoms with Crippen LogP contribution in [-0.2, 0) is 0 Å². The third kappa shape index (κ3) is 4.39. The summed E-state index contributed by atoms with van der Waals surface area (Å²) in [5.41, 5.74) is 18.5. The molecule has 0 N–H and O–H groups in total. The minimum Gasteiger partial charge on any atom is -0.434 e. The van der Waals surface area contributed by atoms with Gasteiger partial charge in [-0.2, -0.15) is 0 Å². The minimum atomic E-state index is -0.188. The summed E-state index contributed by atoms with van der Waals surface area (Å²) >= 11 is 0. The Morgan fingerprint density at radius 2 is 0.694 bits per heavy atom. The third-order valence-corrected chi connectivity index (χ3v) is 12.9. The Morgan fingerprint density at radius 1 is 0.274 bits per heavy atom. The van der Waals surface area contributed by atoms with Crippen molar-refractivity contribution < 1.29 is 8.83 Å². The SMILES string of the molecule is c1ccc(N2c3ccccc3B3c4c2cccc4N(c2ccccc2)c2oc4c5c(oc4c23)N2c3ccccc3N(c3ccccc3)c3cccc(c32)N5c2ccccc2)cc1. The number of nitrogens with zero attached hydrogens (tertiary/aromatic N) is 5. The third-order valence-electron chi connectivity index (χ3n) is 12.9. The van der Waals surface area contributed by atoms with Gasteiger partial charge in [0.15, 0.2) is 11.3 Å². The summed E-state index contributed by atoms with van der Waals surface area (Å²) in [7, 11) is 0. The number of benzene rings is 8. The molecule has 0 saturated carbocycles. The zero-order valence-electron chi connectivity index (χ0n) is 33.3. The molecule has 0 aliphatic carbocycles. The highest BCUT2D eigenvalue weighted by atomic mass is 16.4. The molecule has 0 amide bonds. The first-order valence-corrected chi connectivity index (χ1v) is 21.1. The maximum Gasteiger partial charge on any atom is 0.261 e. The van der Waals surface area contributed by atoms with Crippen molar-refractivity contribution >= 4 is 120 Å². The first-order chi connectivity index (χ1) is 30.8. The molecule has 0 spiro atoms. The van der Waals surface area contributed by atoms with E-state index in [1.54, 1.807) is 0 Å². The Morgan fingerprint density at radius 3 is 1.31 bits per heavy atom. The molecule has 8 aromatic carbocycles. The molecule has 290 valence electrons. The van der Waals surface area contributed by atoms with Crippen molar-refractivity contribution in [1.29, 1.82) is 0 Å². The van der Waals surface area contributed by atoms with Crippen molar-refractivity contribution in [2.24, 2.45) is 0 Å². The summed E-state index contributed by atoms with van der Waals surface area (Å²) in [5, 5.41) is 0. The second kappa shape index (κ2) is 12.6. The Labute approximate surface area is 358 Å². The Bertz CT molecular complexity index is 3410. The van der Waals surface area contributed by atoms with Crippen LogP contribution in [0.4, 0.5) is 85.7 Å². The molecule has 14 rings (SSSR count). The molecule has 10 aromatic rings. The highest BCUT2D eigenvalue weighted by molar-refractivity contribution is 7.01. The van der Waals surface area contributed by atoms with Gasteiger partial charge in [0.1, 0.15) is 0 Å². The van der Waals surface area contributed by atoms with Gasteiger partial charge in [-0.3, -0.25) is 9.80 Å². The number of anilines is 15. The lowest BCUT2D eigenvalue weighted by atomic mass is 9.34. The van der Waals surface area contributed by atoms with Crippen LogP contribution in [0.3, 0.4) is 0 Å². The van der Waals surface area contributed by atoms with Gasteiger partial charge in [-0.15, -0.1) is 0 Å². The molecule has 2 aromatic heterocycles. The molecule has 4 aliphatic rings. The van der Waals surface area contributed by atoms with E-state index in [0.29, 0.717) is 11.5 Å². The smallest absolute Gasteiger partial charge is 0.261 e. The molecular weight excluding hydrogens is 761 g/mol. The van der Waals surface area contributed by atoms with E-state index in [4.69, 9.17) is 8.83 Å². The van der Waals surface area contributed by atoms with E-state index in [0.717, 1.165) is 90.9 Å². The summed E-state index contributed by atoms with van der Waals surface area (Å²) in [4.78, 5) is 11.7. The van der Waals surface area contributed by atoms with Gasteiger partial charge in [0, 0.05) is 45.3 Å². The number of rotatable bonds is 4. The summed E-state index contributed by atoms with van der Waals surface area (Å²) in [6.45, 7) is -0.188. The molecule has 8 heteroatoms. The molecule has 0 atom stereocenters. The van der Waals surface area contributed by atoms with Gasteiger partial charge < -0.3 is 23.5 Å². The average Bonchev–Trinajstić information content (AvgIpc) is 3.89. The number of hydrogen-bond donors (Lipinski definition) is 0. The number of furan rings is 2. The predicted octanol–water partition coefficient (Wildman–Crippen LogP) is 13.1. The van der Waals surface area contributed by atoms with E-state index >= 15 is 0 Å². The topological polar surface area (TPSA) is 42.5 Å². The lowest BCUT2D eigenvalue weighted by molar-refractivity contribution is 0.613. The highest BCUT2D eigenvalue weighted by Crippen LogP contribution is 2.65. The van der Waals surface area contributed by atoms with Crippen LogP contribution in [0, 0.1) is 0 Å². The van der Waals surface area contributed by atoms with Crippen LogP contribution in [0.25, 0.3) is 11.2 Å². The Balaban J connectivity index is 1.09. The highest BCUT2D eigenvalue weighted by Gasteiger charge is 2.50. The van der Waals surface area contributed by atoms with Gasteiger partial charge in [0.2, 0.25) is 17.4 Å². The maximum absolute atomic E-state index is 7.58. The van der Waals surface area contributed by atoms with Gasteiger partial charge in [0.05, 0.1) is 28.4 Å². The Hall–Kier alpha value is -8.36. The quantitative estimate of drug-likeness (QED) is 0.164. The summed E-state index contributed by atoms with van der Waals surface area (Å²) in [6.07, 6.45) is 0. The van der Waals surface area contributed by atoms with Crippen molar-refractivity contribution in [3.63, 3.8) is 0 Å². The van der Waals surface area contributed by atoms with Gasteiger partial charge >= 0.3 is 0 Å². The van der Waals surface area contributed by atoms with Crippen LogP contribution in [0.2, 0.25) is 0 Å². The van der Waals surface area contributed by atoms with Crippen LogP contribution in [0.5, 0.6) is 0 Å². The molecule has 7 nitrogen and oxygen atoms in total. The number of hydrogen-bond acceptors (Lipinski definition) is 7. The van der Waals surface area contributed by atoms with Crippen LogP contribution in [0.15, 0.2) is 215 Å². The van der Waals surface area contributed by atoms with Crippen molar-refractivity contribution in [2.45, 2.75) is 0 Å². The van der Waals surface area contributed by atoms with E-state index in [2.05, 4.69) is 231 Å². The molecule has 4 aliphatic heterocycles. The Kier molecular flexibility index (Phi) is 6.79. The van der Waals surface area contributed by atoms with Crippen molar-refractivity contribution in [1.82, 2.24) is 0 Å². The summed E-state index contributed by atoms with van der Waals surface area (Å²) < 4.78 is 15.1. The fraction of sp³-hybridized carbons (Fsp3) is 0. The van der Waals surface area contributed by atoms with Gasteiger partial charge in [-0.1, -0.05) is 115 Å². The number of fused-ring (bicyclic) bond motifs is 11. The molecule has 6 heterocycles. The fourth-order valence-electron chi connectivity index (χ4n) is 10.5. The van der Waals surface area contributed by atoms with E-state index in [9.17, 15) is 0 Å². The second-order valence-corrected chi connectivity index (χ2v) is 16.1. The molecule has 0 fully saturated rings. The zero-order valence-corrected chi connectivity index (χ0v) is 33.3. The summed E-state index contributed by atoms with van der Waals surface area (Å²) in [6, 6.07) is 73.1. The van der Waals surface area contributed by atoms with Crippen LogP contribution >= 0.6 is 0 Å². The average molecular weight is 796 g/mol. The van der Waals surface area contributed by atoms with Gasteiger partial charge in [0.25, 0.3) is 6.71 Å². The molecule has 0 saturated heterocycles. The summed E-state index contributed by atoms with van der Waals surface area (Å²) in [5.74, 6) is 1.47. The maximum atomic E-state index is 7.58. The molecule has 0 radical (unpaired) electrons. The van der Waals surface area contributed by atoms with E-state index in [1.807, 2.05) is 0 Å². The first-order valence-electron chi connectivity index (χ1n) is 21.1. The normalized spacial score (nSPS) is 13.9. The van der Waals surface area contributed by atoms with E-state index in [-0.39, 0.29) is 6.71 Å². The molecule has 62 heavy (non-hydrogen) atoms. The minimum absolute atomic E-state index is 0.188. The first kappa shape index (κ1) is 33.5. The van der Waals surface area contributed by atoms with Crippen LogP contribution in [0.1, 0.15) is 0 Å². The molecular formula is C54H34BN5O2. The van der Waals surface area contributed by atoms with Crippen molar-refractivity contribution in [3.8, 4) is 0 Å². The largest absolute Gasteiger partial charge is 0.434 e. The number of para-hydroxylation sites is 8. The van der Waals surface area contributed by atoms with Crippen LogP contribution < -0.4 is 40.9 Å². The zero-order chi connectivity index (χ0) is 40.5. The predicted molar refractivity (Wildman–Crippen MR) is 254 cm³/mol. The monoisotopic (exact) mass is 795 g/mol. The molecule has 0 bridgehead atoms. The standard InChI is InChI=1S/C54H34BN5O2/c1-5-19-35(20-6-1)56-40-28-14-13-27-39(40)55-47-43(56)31-17-32-44(47)59(38-25-11-4-12-26-38)53-48(55)51-52(62-53)50-54(61-51)60-42-30-16-15-29-41(42)57(36-21-7-2-8-22-36)45-33-18-34-46(49(45)60)58(50)37-23-9-3-10-24-37/h1-34H. The van der Waals surface area contributed by atoms with Gasteiger partial charge in [-0.05, 0) is 102 Å². The van der Waals surface area contributed by atoms with Crippen molar-refractivity contribution in [2.75, 3.05) is 24.5 Å². The second-order valence-electron chi connectivity index (χ2n) is 16.1. The van der Waals surface area contributed by atoms with Gasteiger partial charge in [-0.25, -0.2) is 0 Å². The van der Waals surface area contributed by atoms with Crippen LogP contribution in [-0.4, -0.2) is 6.71 Å². The van der Waals surface area contributed by atoms with Crippen molar-refractivity contribution in [3.05, 3.63) is 206 Å². The lowest BCUT2D eigenvalue weighted by Gasteiger charge is -2.44. The fourth-order valence-corrected chi connectivity index (χ4v) is 10.5. The van der Waals surface area contributed by atoms with E-state index < -0.39 is 0 Å². The lowest BCUT2D eigenvalue weighted by Crippen LogP contribution is -2.61. The molecule has 0 unspecified atom stereocenters.